The summed E-state index contributed by atoms with van der Waals surface area (Å²) in [6, 6.07) is 4.11. The molecule has 7 heteroatoms. The lowest BCUT2D eigenvalue weighted by Crippen LogP contribution is -2.33. The molecule has 0 amide bonds. The van der Waals surface area contributed by atoms with Crippen molar-refractivity contribution in [2.24, 2.45) is 5.92 Å². The highest BCUT2D eigenvalue weighted by atomic mass is 32.2. The van der Waals surface area contributed by atoms with Gasteiger partial charge in [-0.3, -0.25) is 4.90 Å². The lowest BCUT2D eigenvalue weighted by atomic mass is 10.0. The van der Waals surface area contributed by atoms with Gasteiger partial charge in [0.2, 0.25) is 11.7 Å². The molecule has 0 unspecified atom stereocenters. The van der Waals surface area contributed by atoms with Gasteiger partial charge in [0, 0.05) is 42.9 Å². The number of anilines is 1. The molecule has 2 aliphatic rings. The van der Waals surface area contributed by atoms with E-state index in [1.54, 1.807) is 0 Å². The van der Waals surface area contributed by atoms with Crippen molar-refractivity contribution < 1.29 is 4.52 Å². The zero-order valence-electron chi connectivity index (χ0n) is 14.7. The number of hydrogen-bond acceptors (Lipinski definition) is 7. The third kappa shape index (κ3) is 4.15. The number of rotatable bonds is 4. The molecule has 2 aromatic heterocycles. The van der Waals surface area contributed by atoms with Crippen LogP contribution in [0.3, 0.4) is 0 Å². The van der Waals surface area contributed by atoms with Crippen LogP contribution in [0, 0.1) is 5.92 Å². The fourth-order valence-electron chi connectivity index (χ4n) is 3.56. The Morgan fingerprint density at radius 1 is 1.24 bits per heavy atom. The van der Waals surface area contributed by atoms with Crippen LogP contribution >= 0.6 is 11.8 Å². The van der Waals surface area contributed by atoms with Gasteiger partial charge in [0.15, 0.2) is 0 Å². The first-order chi connectivity index (χ1) is 12.3. The highest BCUT2D eigenvalue weighted by Crippen LogP contribution is 2.22. The summed E-state index contributed by atoms with van der Waals surface area (Å²) in [5.41, 5.74) is 0.914. The molecule has 0 spiro atoms. The maximum atomic E-state index is 5.46. The molecule has 0 saturated carbocycles. The Kier molecular flexibility index (Phi) is 5.22. The van der Waals surface area contributed by atoms with Gasteiger partial charge in [0.1, 0.15) is 5.82 Å². The van der Waals surface area contributed by atoms with Gasteiger partial charge in [-0.05, 0) is 37.4 Å². The SMILES string of the molecule is C[C@H]1CCCN(Cc2nc(-c3ccc(N4CCSCC4)nc3)no2)C1. The van der Waals surface area contributed by atoms with Gasteiger partial charge >= 0.3 is 0 Å². The van der Waals surface area contributed by atoms with E-state index in [2.05, 4.69) is 37.9 Å². The smallest absolute Gasteiger partial charge is 0.241 e. The fourth-order valence-corrected chi connectivity index (χ4v) is 4.46. The van der Waals surface area contributed by atoms with E-state index in [1.807, 2.05) is 24.0 Å². The molecule has 2 aliphatic heterocycles. The number of aromatic nitrogens is 3. The van der Waals surface area contributed by atoms with E-state index in [0.717, 1.165) is 50.0 Å². The van der Waals surface area contributed by atoms with Crippen LogP contribution in [0.25, 0.3) is 11.4 Å². The summed E-state index contributed by atoms with van der Waals surface area (Å²) in [4.78, 5) is 13.9. The molecule has 0 radical (unpaired) electrons. The minimum absolute atomic E-state index is 0.633. The number of nitrogens with zero attached hydrogens (tertiary/aromatic N) is 5. The van der Waals surface area contributed by atoms with Gasteiger partial charge in [-0.2, -0.15) is 16.7 Å². The van der Waals surface area contributed by atoms with Crippen molar-refractivity contribution in [3.63, 3.8) is 0 Å². The third-order valence-electron chi connectivity index (χ3n) is 4.91. The second kappa shape index (κ2) is 7.74. The minimum atomic E-state index is 0.633. The topological polar surface area (TPSA) is 58.3 Å². The standard InChI is InChI=1S/C18H25N5OS/c1-14-3-2-6-22(12-14)13-17-20-18(21-24-17)15-4-5-16(19-11-15)23-7-9-25-10-8-23/h4-5,11,14H,2-3,6-10,12-13H2,1H3/t14-/m0/s1. The first kappa shape index (κ1) is 16.8. The quantitative estimate of drug-likeness (QED) is 0.832. The number of thioether (sulfide) groups is 1. The molecule has 134 valence electrons. The monoisotopic (exact) mass is 359 g/mol. The summed E-state index contributed by atoms with van der Waals surface area (Å²) in [5.74, 6) is 5.46. The van der Waals surface area contributed by atoms with E-state index in [4.69, 9.17) is 4.52 Å². The van der Waals surface area contributed by atoms with Gasteiger partial charge in [0.25, 0.3) is 0 Å². The van der Waals surface area contributed by atoms with Crippen LogP contribution < -0.4 is 4.90 Å². The predicted octanol–water partition coefficient (Wildman–Crippen LogP) is 2.92. The van der Waals surface area contributed by atoms with Crippen LogP contribution in [0.5, 0.6) is 0 Å². The van der Waals surface area contributed by atoms with Gasteiger partial charge in [-0.1, -0.05) is 12.1 Å². The van der Waals surface area contributed by atoms with E-state index < -0.39 is 0 Å². The van der Waals surface area contributed by atoms with Crippen molar-refractivity contribution in [3.05, 3.63) is 24.2 Å². The van der Waals surface area contributed by atoms with Crippen molar-refractivity contribution in [1.82, 2.24) is 20.0 Å². The molecule has 4 heterocycles. The van der Waals surface area contributed by atoms with Gasteiger partial charge in [0.05, 0.1) is 6.54 Å². The largest absolute Gasteiger partial charge is 0.355 e. The van der Waals surface area contributed by atoms with Crippen LogP contribution in [-0.4, -0.2) is 57.7 Å². The highest BCUT2D eigenvalue weighted by molar-refractivity contribution is 7.99. The minimum Gasteiger partial charge on any atom is -0.355 e. The molecule has 1 atom stereocenters. The van der Waals surface area contributed by atoms with Crippen LogP contribution in [0.4, 0.5) is 5.82 Å². The van der Waals surface area contributed by atoms with Gasteiger partial charge < -0.3 is 9.42 Å². The van der Waals surface area contributed by atoms with Crippen molar-refractivity contribution in [2.75, 3.05) is 42.6 Å². The van der Waals surface area contributed by atoms with Gasteiger partial charge in [-0.15, -0.1) is 0 Å². The average Bonchev–Trinajstić information content (AvgIpc) is 3.11. The number of hydrogen-bond donors (Lipinski definition) is 0. The summed E-state index contributed by atoms with van der Waals surface area (Å²) in [7, 11) is 0. The molecular weight excluding hydrogens is 334 g/mol. The predicted molar refractivity (Wildman–Crippen MR) is 101 cm³/mol. The van der Waals surface area contributed by atoms with Crippen LogP contribution in [0.1, 0.15) is 25.7 Å². The van der Waals surface area contributed by atoms with E-state index in [9.17, 15) is 0 Å². The normalized spacial score (nSPS) is 22.3. The van der Waals surface area contributed by atoms with Crippen LogP contribution in [-0.2, 0) is 6.54 Å². The summed E-state index contributed by atoms with van der Waals surface area (Å²) >= 11 is 2.00. The Balaban J connectivity index is 1.41. The van der Waals surface area contributed by atoms with Gasteiger partial charge in [-0.25, -0.2) is 4.98 Å². The average molecular weight is 359 g/mol. The highest BCUT2D eigenvalue weighted by Gasteiger charge is 2.19. The summed E-state index contributed by atoms with van der Waals surface area (Å²) in [5, 5.41) is 4.14. The summed E-state index contributed by atoms with van der Waals surface area (Å²) in [6.07, 6.45) is 4.43. The van der Waals surface area contributed by atoms with Crippen molar-refractivity contribution >= 4 is 17.6 Å². The molecule has 6 nitrogen and oxygen atoms in total. The van der Waals surface area contributed by atoms with E-state index >= 15 is 0 Å². The molecule has 2 aromatic rings. The molecule has 0 bridgehead atoms. The van der Waals surface area contributed by atoms with E-state index in [1.165, 1.54) is 24.3 Å². The zero-order chi connectivity index (χ0) is 17.1. The number of likely N-dealkylation sites (tertiary alicyclic amines) is 1. The lowest BCUT2D eigenvalue weighted by molar-refractivity contribution is 0.157. The molecule has 25 heavy (non-hydrogen) atoms. The Morgan fingerprint density at radius 3 is 2.88 bits per heavy atom. The Hall–Kier alpha value is -1.60. The summed E-state index contributed by atoms with van der Waals surface area (Å²) in [6.45, 7) is 7.41. The Morgan fingerprint density at radius 2 is 2.12 bits per heavy atom. The van der Waals surface area contributed by atoms with E-state index in [-0.39, 0.29) is 0 Å². The number of pyridine rings is 1. The Bertz CT molecular complexity index is 683. The van der Waals surface area contributed by atoms with Crippen molar-refractivity contribution in [3.8, 4) is 11.4 Å². The first-order valence-corrected chi connectivity index (χ1v) is 10.3. The molecule has 0 aliphatic carbocycles. The number of piperidine rings is 1. The molecule has 4 rings (SSSR count). The van der Waals surface area contributed by atoms with Crippen LogP contribution in [0.15, 0.2) is 22.9 Å². The first-order valence-electron chi connectivity index (χ1n) is 9.12. The molecular formula is C18H25N5OS. The van der Waals surface area contributed by atoms with Crippen molar-refractivity contribution in [1.29, 1.82) is 0 Å². The molecule has 0 N–H and O–H groups in total. The third-order valence-corrected chi connectivity index (χ3v) is 5.85. The van der Waals surface area contributed by atoms with E-state index in [0.29, 0.717) is 11.7 Å². The lowest BCUT2D eigenvalue weighted by Gasteiger charge is -2.29. The summed E-state index contributed by atoms with van der Waals surface area (Å²) < 4.78 is 5.46. The van der Waals surface area contributed by atoms with Crippen molar-refractivity contribution in [2.45, 2.75) is 26.3 Å². The molecule has 2 fully saturated rings. The zero-order valence-corrected chi connectivity index (χ0v) is 15.5. The molecule has 0 aromatic carbocycles. The maximum Gasteiger partial charge on any atom is 0.241 e. The maximum absolute atomic E-state index is 5.46. The fraction of sp³-hybridized carbons (Fsp3) is 0.611. The Labute approximate surface area is 153 Å². The second-order valence-electron chi connectivity index (χ2n) is 7.00. The molecule has 2 saturated heterocycles. The second-order valence-corrected chi connectivity index (χ2v) is 8.22. The van der Waals surface area contributed by atoms with Crippen LogP contribution in [0.2, 0.25) is 0 Å².